The highest BCUT2D eigenvalue weighted by Crippen LogP contribution is 2.30. The number of fused-ring (bicyclic) bond motifs is 1. The Bertz CT molecular complexity index is 551. The molecule has 1 saturated heterocycles. The normalized spacial score (nSPS) is 20.9. The lowest BCUT2D eigenvalue weighted by Crippen LogP contribution is -2.26. The van der Waals surface area contributed by atoms with Crippen molar-refractivity contribution in [3.63, 3.8) is 0 Å². The molecule has 1 fully saturated rings. The van der Waals surface area contributed by atoms with Crippen molar-refractivity contribution >= 4 is 48.9 Å². The zero-order valence-electron chi connectivity index (χ0n) is 8.52. The fourth-order valence-electron chi connectivity index (χ4n) is 2.02. The van der Waals surface area contributed by atoms with Crippen molar-refractivity contribution < 1.29 is 4.79 Å². The molecule has 0 N–H and O–H groups in total. The molecule has 1 aliphatic rings. The van der Waals surface area contributed by atoms with Gasteiger partial charge in [-0.05, 0) is 41.5 Å². The maximum atomic E-state index is 11.9. The molecular weight excluding hydrogens is 286 g/mol. The third kappa shape index (κ3) is 1.57. The number of halogens is 1. The number of nitrogens with zero attached hydrogens (tertiary/aromatic N) is 1. The van der Waals surface area contributed by atoms with Gasteiger partial charge in [-0.25, -0.2) is 0 Å². The molecule has 1 unspecified atom stereocenters. The Morgan fingerprint density at radius 3 is 3.00 bits per heavy atom. The summed E-state index contributed by atoms with van der Waals surface area (Å²) in [5.74, 6) is 0.176. The summed E-state index contributed by atoms with van der Waals surface area (Å²) < 4.78 is 1.27. The average Bonchev–Trinajstić information content (AvgIpc) is 2.86. The van der Waals surface area contributed by atoms with Gasteiger partial charge in [0.25, 0.3) is 0 Å². The van der Waals surface area contributed by atoms with E-state index in [2.05, 4.69) is 39.5 Å². The van der Waals surface area contributed by atoms with Gasteiger partial charge in [-0.2, -0.15) is 0 Å². The number of anilines is 1. The Hall–Kier alpha value is -0.870. The predicted octanol–water partition coefficient (Wildman–Crippen LogP) is 3.40. The van der Waals surface area contributed by atoms with E-state index in [1.807, 2.05) is 11.0 Å². The number of hydrogen-bond donors (Lipinski definition) is 0. The summed E-state index contributed by atoms with van der Waals surface area (Å²) in [5.41, 5.74) is 1.01. The molecule has 4 heteroatoms. The van der Waals surface area contributed by atoms with Crippen LogP contribution in [0.5, 0.6) is 0 Å². The van der Waals surface area contributed by atoms with E-state index in [1.54, 1.807) is 11.3 Å². The molecule has 0 spiro atoms. The van der Waals surface area contributed by atoms with Crippen LogP contribution in [0.1, 0.15) is 6.42 Å². The van der Waals surface area contributed by atoms with Gasteiger partial charge < -0.3 is 4.90 Å². The smallest absolute Gasteiger partial charge is 0.240 e. The van der Waals surface area contributed by atoms with Crippen LogP contribution in [0.4, 0.5) is 5.69 Å². The van der Waals surface area contributed by atoms with Gasteiger partial charge in [-0.15, -0.1) is 11.3 Å². The summed E-state index contributed by atoms with van der Waals surface area (Å²) in [5, 5.41) is 3.29. The van der Waals surface area contributed by atoms with E-state index < -0.39 is 0 Å². The molecular formula is C12H10BrNOS. The highest BCUT2D eigenvalue weighted by molar-refractivity contribution is 9.10. The van der Waals surface area contributed by atoms with Crippen LogP contribution in [0.15, 0.2) is 29.6 Å². The molecule has 16 heavy (non-hydrogen) atoms. The molecule has 2 nitrogen and oxygen atoms in total. The minimum absolute atomic E-state index is 0.00864. The first-order valence-corrected chi connectivity index (χ1v) is 6.98. The van der Waals surface area contributed by atoms with Crippen LogP contribution in [0.3, 0.4) is 0 Å². The molecule has 1 aliphatic heterocycles. The second-order valence-corrected chi connectivity index (χ2v) is 5.94. The van der Waals surface area contributed by atoms with E-state index in [4.69, 9.17) is 0 Å². The third-order valence-corrected chi connectivity index (χ3v) is 4.64. The zero-order valence-corrected chi connectivity index (χ0v) is 10.9. The number of carbonyl (C=O) groups is 1. The van der Waals surface area contributed by atoms with Crippen molar-refractivity contribution in [2.24, 2.45) is 0 Å². The summed E-state index contributed by atoms with van der Waals surface area (Å²) >= 11 is 5.12. The lowest BCUT2D eigenvalue weighted by atomic mass is 10.2. The van der Waals surface area contributed by atoms with Crippen molar-refractivity contribution in [2.45, 2.75) is 11.2 Å². The lowest BCUT2D eigenvalue weighted by Gasteiger charge is -2.15. The Balaban J connectivity index is 2.02. The fraction of sp³-hybridized carbons (Fsp3) is 0.250. The van der Waals surface area contributed by atoms with Gasteiger partial charge in [0.2, 0.25) is 5.91 Å². The van der Waals surface area contributed by atoms with Gasteiger partial charge in [-0.1, -0.05) is 15.9 Å². The van der Waals surface area contributed by atoms with Gasteiger partial charge in [-0.3, -0.25) is 4.79 Å². The monoisotopic (exact) mass is 295 g/mol. The van der Waals surface area contributed by atoms with E-state index in [9.17, 15) is 4.79 Å². The molecule has 0 saturated carbocycles. The van der Waals surface area contributed by atoms with Gasteiger partial charge >= 0.3 is 0 Å². The first-order chi connectivity index (χ1) is 7.75. The standard InChI is InChI=1S/C12H10BrNOS/c13-10-3-5-14(12(10)15)9-1-2-11-8(7-9)4-6-16-11/h1-2,4,6-7,10H,3,5H2. The molecule has 82 valence electrons. The third-order valence-electron chi connectivity index (χ3n) is 2.89. The first kappa shape index (κ1) is 10.3. The molecule has 0 radical (unpaired) electrons. The quantitative estimate of drug-likeness (QED) is 0.739. The topological polar surface area (TPSA) is 20.3 Å². The van der Waals surface area contributed by atoms with Crippen molar-refractivity contribution in [2.75, 3.05) is 11.4 Å². The van der Waals surface area contributed by atoms with Crippen LogP contribution in [0.2, 0.25) is 0 Å². The van der Waals surface area contributed by atoms with Gasteiger partial charge in [0.15, 0.2) is 0 Å². The first-order valence-electron chi connectivity index (χ1n) is 5.18. The van der Waals surface area contributed by atoms with Crippen LogP contribution in [0.25, 0.3) is 10.1 Å². The average molecular weight is 296 g/mol. The summed E-state index contributed by atoms with van der Waals surface area (Å²) in [6.07, 6.45) is 0.889. The summed E-state index contributed by atoms with van der Waals surface area (Å²) in [6, 6.07) is 8.30. The minimum Gasteiger partial charge on any atom is -0.311 e. The molecule has 3 rings (SSSR count). The maximum absolute atomic E-state index is 11.9. The van der Waals surface area contributed by atoms with E-state index in [0.717, 1.165) is 18.7 Å². The Labute approximate surface area is 106 Å². The Morgan fingerprint density at radius 2 is 2.25 bits per heavy atom. The van der Waals surface area contributed by atoms with Crippen LogP contribution in [-0.2, 0) is 4.79 Å². The number of alkyl halides is 1. The molecule has 1 amide bonds. The van der Waals surface area contributed by atoms with Gasteiger partial charge in [0.1, 0.15) is 0 Å². The maximum Gasteiger partial charge on any atom is 0.240 e. The highest BCUT2D eigenvalue weighted by atomic mass is 79.9. The van der Waals surface area contributed by atoms with Crippen LogP contribution in [0, 0.1) is 0 Å². The zero-order chi connectivity index (χ0) is 11.1. The van der Waals surface area contributed by atoms with E-state index in [-0.39, 0.29) is 10.7 Å². The van der Waals surface area contributed by atoms with Crippen molar-refractivity contribution in [1.29, 1.82) is 0 Å². The number of rotatable bonds is 1. The van der Waals surface area contributed by atoms with Gasteiger partial charge in [0.05, 0.1) is 4.83 Å². The molecule has 2 heterocycles. The van der Waals surface area contributed by atoms with Gasteiger partial charge in [0, 0.05) is 16.9 Å². The summed E-state index contributed by atoms with van der Waals surface area (Å²) in [7, 11) is 0. The summed E-state index contributed by atoms with van der Waals surface area (Å²) in [4.78, 5) is 13.7. The van der Waals surface area contributed by atoms with E-state index in [0.29, 0.717) is 0 Å². The molecule has 1 aromatic carbocycles. The fourth-order valence-corrected chi connectivity index (χ4v) is 3.25. The van der Waals surface area contributed by atoms with Crippen LogP contribution < -0.4 is 4.90 Å². The van der Waals surface area contributed by atoms with Crippen molar-refractivity contribution in [3.8, 4) is 0 Å². The van der Waals surface area contributed by atoms with Crippen LogP contribution in [-0.4, -0.2) is 17.3 Å². The number of benzene rings is 1. The van der Waals surface area contributed by atoms with Crippen molar-refractivity contribution in [3.05, 3.63) is 29.6 Å². The van der Waals surface area contributed by atoms with Crippen LogP contribution >= 0.6 is 27.3 Å². The SMILES string of the molecule is O=C1C(Br)CCN1c1ccc2sccc2c1. The molecule has 2 aromatic rings. The number of carbonyl (C=O) groups excluding carboxylic acids is 1. The largest absolute Gasteiger partial charge is 0.311 e. The van der Waals surface area contributed by atoms with Crippen molar-refractivity contribution in [1.82, 2.24) is 0 Å². The number of amides is 1. The Morgan fingerprint density at radius 1 is 1.38 bits per heavy atom. The molecule has 1 atom stereocenters. The molecule has 0 aliphatic carbocycles. The summed E-state index contributed by atoms with van der Waals surface area (Å²) in [6.45, 7) is 0.810. The lowest BCUT2D eigenvalue weighted by molar-refractivity contribution is -0.116. The molecule has 1 aromatic heterocycles. The van der Waals surface area contributed by atoms with E-state index >= 15 is 0 Å². The highest BCUT2D eigenvalue weighted by Gasteiger charge is 2.30. The molecule has 0 bridgehead atoms. The predicted molar refractivity (Wildman–Crippen MR) is 71.5 cm³/mol. The number of hydrogen-bond acceptors (Lipinski definition) is 2. The minimum atomic E-state index is -0.00864. The Kier molecular flexibility index (Phi) is 2.48. The number of thiophene rings is 1. The second kappa shape index (κ2) is 3.86. The van der Waals surface area contributed by atoms with E-state index in [1.165, 1.54) is 10.1 Å². The second-order valence-electron chi connectivity index (χ2n) is 3.89.